The molecule has 3 fully saturated rings. The Morgan fingerprint density at radius 1 is 1.03 bits per heavy atom. The van der Waals surface area contributed by atoms with Crippen LogP contribution < -0.4 is 5.32 Å². The molecule has 1 saturated heterocycles. The van der Waals surface area contributed by atoms with Crippen LogP contribution in [-0.2, 0) is 27.8 Å². The summed E-state index contributed by atoms with van der Waals surface area (Å²) in [5, 5.41) is 3.97. The second kappa shape index (κ2) is 9.73. The zero-order valence-electron chi connectivity index (χ0n) is 21.7. The molecule has 2 saturated carbocycles. The first-order valence-corrected chi connectivity index (χ1v) is 15.7. The number of carbonyl (C=O) groups excluding carboxylic acids is 2. The number of carbonyl (C=O) groups is 2. The summed E-state index contributed by atoms with van der Waals surface area (Å²) >= 11 is 0. The van der Waals surface area contributed by atoms with E-state index in [1.807, 2.05) is 12.1 Å². The fourth-order valence-corrected chi connectivity index (χ4v) is 7.86. The molecule has 2 aromatic rings. The monoisotopic (exact) mass is 526 g/mol. The van der Waals surface area contributed by atoms with Crippen molar-refractivity contribution in [2.24, 2.45) is 5.92 Å². The number of hydrogen-bond donors (Lipinski definition) is 1. The number of piperidine rings is 1. The highest BCUT2D eigenvalue weighted by Crippen LogP contribution is 2.36. The number of hydrogen-bond acceptors (Lipinski definition) is 5. The van der Waals surface area contributed by atoms with Gasteiger partial charge in [-0.25, -0.2) is 12.4 Å². The van der Waals surface area contributed by atoms with Gasteiger partial charge in [-0.15, -0.1) is 0 Å². The molecule has 37 heavy (non-hydrogen) atoms. The van der Waals surface area contributed by atoms with E-state index in [1.165, 1.54) is 25.7 Å². The lowest BCUT2D eigenvalue weighted by atomic mass is 9.96. The minimum absolute atomic E-state index is 0.0360. The van der Waals surface area contributed by atoms with E-state index in [4.69, 9.17) is 0 Å². The van der Waals surface area contributed by atoms with Gasteiger partial charge in [-0.2, -0.15) is 0 Å². The number of fused-ring (bicyclic) bond motifs is 3. The molecule has 0 spiro atoms. The molecule has 1 N–H and O–H groups in total. The molecule has 2 aliphatic heterocycles. The number of benzene rings is 1. The lowest BCUT2D eigenvalue weighted by Crippen LogP contribution is -2.45. The third kappa shape index (κ3) is 4.69. The molecular formula is C28H38N4O4S. The number of amides is 2. The summed E-state index contributed by atoms with van der Waals surface area (Å²) < 4.78 is 27.9. The van der Waals surface area contributed by atoms with E-state index < -0.39 is 10.0 Å². The highest BCUT2D eigenvalue weighted by Gasteiger charge is 2.34. The minimum Gasteiger partial charge on any atom is -0.353 e. The lowest BCUT2D eigenvalue weighted by molar-refractivity contribution is -0.126. The molecule has 9 heteroatoms. The summed E-state index contributed by atoms with van der Waals surface area (Å²) in [6.07, 6.45) is 9.35. The largest absolute Gasteiger partial charge is 0.353 e. The smallest absolute Gasteiger partial charge is 0.253 e. The molecule has 6 rings (SSSR count). The molecule has 0 unspecified atom stereocenters. The van der Waals surface area contributed by atoms with Crippen LogP contribution in [0.4, 0.5) is 0 Å². The standard InChI is InChI=1S/C28H38N4O4S/c1-2-37(35,36)32-25-12-9-19(28(34)31-14-5-6-20(17-31)27(33)29-21-10-11-21)16-23(25)24-18-30(15-13-26(24)32)22-7-3-4-8-22/h9,12,16,20-22H,2-8,10-11,13-15,17-18H2,1H3,(H,29,33)/t20-/m0/s1. The van der Waals surface area contributed by atoms with Crippen molar-refractivity contribution in [3.8, 4) is 0 Å². The van der Waals surface area contributed by atoms with Gasteiger partial charge in [-0.1, -0.05) is 12.8 Å². The fourth-order valence-electron chi connectivity index (χ4n) is 6.60. The van der Waals surface area contributed by atoms with Gasteiger partial charge in [-0.05, 0) is 69.2 Å². The first-order chi connectivity index (χ1) is 17.9. The SMILES string of the molecule is CCS(=O)(=O)n1c2c(c3cc(C(=O)N4CCC[C@H](C(=O)NC5CC5)C4)ccc31)CN(C1CCCC1)CC2. The molecule has 1 aromatic heterocycles. The van der Waals surface area contributed by atoms with Gasteiger partial charge < -0.3 is 10.2 Å². The van der Waals surface area contributed by atoms with E-state index >= 15 is 0 Å². The third-order valence-electron chi connectivity index (χ3n) is 8.87. The molecule has 0 radical (unpaired) electrons. The molecule has 4 aliphatic rings. The Balaban J connectivity index is 1.32. The average Bonchev–Trinajstić information content (AvgIpc) is 3.43. The van der Waals surface area contributed by atoms with Crippen LogP contribution in [0, 0.1) is 5.92 Å². The van der Waals surface area contributed by atoms with Crippen molar-refractivity contribution in [2.45, 2.75) is 83.3 Å². The normalized spacial score (nSPS) is 23.4. The molecule has 0 bridgehead atoms. The van der Waals surface area contributed by atoms with Crippen LogP contribution in [0.3, 0.4) is 0 Å². The van der Waals surface area contributed by atoms with Crippen molar-refractivity contribution in [3.05, 3.63) is 35.0 Å². The van der Waals surface area contributed by atoms with Crippen LogP contribution in [0.15, 0.2) is 18.2 Å². The van der Waals surface area contributed by atoms with E-state index in [1.54, 1.807) is 21.9 Å². The molecule has 1 aromatic carbocycles. The summed E-state index contributed by atoms with van der Waals surface area (Å²) in [6, 6.07) is 6.37. The Labute approximate surface area is 219 Å². The number of nitrogens with zero attached hydrogens (tertiary/aromatic N) is 3. The Hall–Kier alpha value is -2.39. The Morgan fingerprint density at radius 2 is 1.81 bits per heavy atom. The van der Waals surface area contributed by atoms with Gasteiger partial charge in [0, 0.05) is 61.3 Å². The molecule has 2 aliphatic carbocycles. The summed E-state index contributed by atoms with van der Waals surface area (Å²) in [7, 11) is -3.48. The van der Waals surface area contributed by atoms with Crippen LogP contribution in [0.1, 0.15) is 79.9 Å². The van der Waals surface area contributed by atoms with Crippen molar-refractivity contribution >= 4 is 32.7 Å². The van der Waals surface area contributed by atoms with Crippen molar-refractivity contribution < 1.29 is 18.0 Å². The zero-order valence-corrected chi connectivity index (χ0v) is 22.6. The number of nitrogens with one attached hydrogen (secondary N) is 1. The van der Waals surface area contributed by atoms with E-state index in [2.05, 4.69) is 10.2 Å². The summed E-state index contributed by atoms with van der Waals surface area (Å²) in [4.78, 5) is 30.6. The molecule has 3 heterocycles. The fraction of sp³-hybridized carbons (Fsp3) is 0.643. The van der Waals surface area contributed by atoms with Crippen molar-refractivity contribution in [1.82, 2.24) is 19.1 Å². The molecule has 200 valence electrons. The van der Waals surface area contributed by atoms with E-state index in [9.17, 15) is 18.0 Å². The van der Waals surface area contributed by atoms with E-state index in [0.717, 1.165) is 55.4 Å². The van der Waals surface area contributed by atoms with Crippen molar-refractivity contribution in [1.29, 1.82) is 0 Å². The quantitative estimate of drug-likeness (QED) is 0.624. The van der Waals surface area contributed by atoms with Crippen LogP contribution in [0.25, 0.3) is 10.9 Å². The molecule has 1 atom stereocenters. The highest BCUT2D eigenvalue weighted by atomic mass is 32.2. The van der Waals surface area contributed by atoms with Gasteiger partial charge in [0.1, 0.15) is 0 Å². The third-order valence-corrected chi connectivity index (χ3v) is 10.6. The maximum atomic E-state index is 13.6. The van der Waals surface area contributed by atoms with Gasteiger partial charge in [0.15, 0.2) is 0 Å². The van der Waals surface area contributed by atoms with Gasteiger partial charge in [0.2, 0.25) is 15.9 Å². The van der Waals surface area contributed by atoms with E-state index in [-0.39, 0.29) is 23.5 Å². The Kier molecular flexibility index (Phi) is 6.55. The Morgan fingerprint density at radius 3 is 2.54 bits per heavy atom. The van der Waals surface area contributed by atoms with Crippen LogP contribution in [0.5, 0.6) is 0 Å². The topological polar surface area (TPSA) is 91.7 Å². The summed E-state index contributed by atoms with van der Waals surface area (Å²) in [6.45, 7) is 4.37. The Bertz CT molecular complexity index is 1320. The number of likely N-dealkylation sites (tertiary alicyclic amines) is 1. The second-order valence-electron chi connectivity index (χ2n) is 11.4. The van der Waals surface area contributed by atoms with Gasteiger partial charge in [0.25, 0.3) is 5.91 Å². The van der Waals surface area contributed by atoms with Crippen molar-refractivity contribution in [2.75, 3.05) is 25.4 Å². The first-order valence-electron chi connectivity index (χ1n) is 14.1. The summed E-state index contributed by atoms with van der Waals surface area (Å²) in [5.74, 6) is -0.132. The van der Waals surface area contributed by atoms with Crippen LogP contribution >= 0.6 is 0 Å². The predicted octanol–water partition coefficient (Wildman–Crippen LogP) is 3.27. The van der Waals surface area contributed by atoms with Gasteiger partial charge in [-0.3, -0.25) is 14.5 Å². The van der Waals surface area contributed by atoms with Gasteiger partial charge >= 0.3 is 0 Å². The second-order valence-corrected chi connectivity index (χ2v) is 13.5. The number of aromatic nitrogens is 1. The van der Waals surface area contributed by atoms with Crippen LogP contribution in [-0.4, -0.2) is 71.5 Å². The van der Waals surface area contributed by atoms with Crippen LogP contribution in [0.2, 0.25) is 0 Å². The molecule has 8 nitrogen and oxygen atoms in total. The number of rotatable bonds is 6. The minimum atomic E-state index is -3.48. The average molecular weight is 527 g/mol. The first kappa shape index (κ1) is 24.9. The maximum absolute atomic E-state index is 13.6. The van der Waals surface area contributed by atoms with E-state index in [0.29, 0.717) is 42.7 Å². The van der Waals surface area contributed by atoms with Gasteiger partial charge in [0.05, 0.1) is 17.2 Å². The predicted molar refractivity (Wildman–Crippen MR) is 143 cm³/mol. The maximum Gasteiger partial charge on any atom is 0.253 e. The molecular weight excluding hydrogens is 488 g/mol. The lowest BCUT2D eigenvalue weighted by Gasteiger charge is -2.33. The van der Waals surface area contributed by atoms with Crippen molar-refractivity contribution in [3.63, 3.8) is 0 Å². The zero-order chi connectivity index (χ0) is 25.7. The summed E-state index contributed by atoms with van der Waals surface area (Å²) in [5.41, 5.74) is 3.19. The molecule has 2 amide bonds. The highest BCUT2D eigenvalue weighted by molar-refractivity contribution is 7.90.